The van der Waals surface area contributed by atoms with Gasteiger partial charge in [0.2, 0.25) is 0 Å². The van der Waals surface area contributed by atoms with E-state index in [0.29, 0.717) is 16.9 Å². The van der Waals surface area contributed by atoms with Crippen LogP contribution in [0.2, 0.25) is 0 Å². The van der Waals surface area contributed by atoms with Crippen LogP contribution in [0.5, 0.6) is 0 Å². The van der Waals surface area contributed by atoms with Gasteiger partial charge in [0, 0.05) is 23.9 Å². The lowest BCUT2D eigenvalue weighted by Gasteiger charge is -2.14. The number of nitrogens with zero attached hydrogens (tertiary/aromatic N) is 4. The molecule has 2 aromatic heterocycles. The zero-order chi connectivity index (χ0) is 28.3. The average Bonchev–Trinajstić information content (AvgIpc) is 3.61. The highest BCUT2D eigenvalue weighted by atomic mass is 32.2. The lowest BCUT2D eigenvalue weighted by atomic mass is 10.1. The Morgan fingerprint density at radius 3 is 2.48 bits per heavy atom. The van der Waals surface area contributed by atoms with Gasteiger partial charge in [-0.2, -0.15) is 10.2 Å². The summed E-state index contributed by atoms with van der Waals surface area (Å²) in [6.45, 7) is 3.68. The number of benzene rings is 3. The first-order chi connectivity index (χ1) is 19.2. The Balaban J connectivity index is 1.49. The lowest BCUT2D eigenvalue weighted by molar-refractivity contribution is -0.385. The van der Waals surface area contributed by atoms with E-state index < -0.39 is 14.9 Å². The third kappa shape index (κ3) is 5.77. The molecule has 2 N–H and O–H groups in total. The van der Waals surface area contributed by atoms with Crippen molar-refractivity contribution < 1.29 is 13.3 Å². The van der Waals surface area contributed by atoms with E-state index in [1.807, 2.05) is 67.0 Å². The molecule has 0 amide bonds. The Labute approximate surface area is 234 Å². The molecule has 0 radical (unpaired) electrons. The van der Waals surface area contributed by atoms with Crippen LogP contribution >= 0.6 is 11.3 Å². The normalized spacial score (nSPS) is 11.6. The summed E-state index contributed by atoms with van der Waals surface area (Å²) >= 11 is 1.53. The van der Waals surface area contributed by atoms with Gasteiger partial charge in [-0.15, -0.1) is 11.3 Å². The molecule has 40 heavy (non-hydrogen) atoms. The smallest absolute Gasteiger partial charge is 0.270 e. The van der Waals surface area contributed by atoms with Gasteiger partial charge in [0.1, 0.15) is 10.6 Å². The molecular weight excluding hydrogens is 548 g/mol. The van der Waals surface area contributed by atoms with Gasteiger partial charge >= 0.3 is 0 Å². The van der Waals surface area contributed by atoms with Gasteiger partial charge in [-0.25, -0.2) is 13.1 Å². The van der Waals surface area contributed by atoms with Crippen molar-refractivity contribution in [2.24, 2.45) is 5.10 Å². The van der Waals surface area contributed by atoms with Crippen molar-refractivity contribution in [3.8, 4) is 16.3 Å². The molecule has 10 nitrogen and oxygen atoms in total. The van der Waals surface area contributed by atoms with Gasteiger partial charge in [0.15, 0.2) is 0 Å². The summed E-state index contributed by atoms with van der Waals surface area (Å²) in [5.74, 6) is 0. The summed E-state index contributed by atoms with van der Waals surface area (Å²) in [6.07, 6.45) is 3.36. The highest BCUT2D eigenvalue weighted by Gasteiger charge is 2.23. The summed E-state index contributed by atoms with van der Waals surface area (Å²) in [5.41, 5.74) is 6.82. The van der Waals surface area contributed by atoms with Crippen molar-refractivity contribution in [3.05, 3.63) is 117 Å². The van der Waals surface area contributed by atoms with E-state index in [4.69, 9.17) is 5.10 Å². The quantitative estimate of drug-likeness (QED) is 0.120. The Morgan fingerprint density at radius 2 is 1.77 bits per heavy atom. The van der Waals surface area contributed by atoms with Gasteiger partial charge in [-0.05, 0) is 55.1 Å². The average molecular weight is 573 g/mol. The third-order valence-electron chi connectivity index (χ3n) is 6.00. The fourth-order valence-electron chi connectivity index (χ4n) is 4.04. The van der Waals surface area contributed by atoms with Crippen LogP contribution in [0.3, 0.4) is 0 Å². The first-order valence-corrected chi connectivity index (χ1v) is 14.4. The Morgan fingerprint density at radius 1 is 1.00 bits per heavy atom. The fourth-order valence-corrected chi connectivity index (χ4v) is 6.08. The van der Waals surface area contributed by atoms with Crippen molar-refractivity contribution in [1.29, 1.82) is 0 Å². The van der Waals surface area contributed by atoms with Crippen LogP contribution in [0.1, 0.15) is 16.7 Å². The number of rotatable bonds is 9. The Bertz CT molecular complexity index is 1820. The Kier molecular flexibility index (Phi) is 7.45. The topological polar surface area (TPSA) is 132 Å². The zero-order valence-corrected chi connectivity index (χ0v) is 23.1. The molecular formula is C28H24N6O4S2. The van der Waals surface area contributed by atoms with E-state index in [9.17, 15) is 18.5 Å². The standard InChI is InChI=1S/C28H24N6O4S2/c1-19-10-12-24(20(2)15-19)32-40(37,38)27-16-23(34(35)36)11-13-25(27)30-29-17-21-18-33(22-7-4-3-5-8-22)31-28(21)26-9-6-14-39-26/h3-18,30,32H,1-2H3/b29-17+. The lowest BCUT2D eigenvalue weighted by Crippen LogP contribution is -2.16. The summed E-state index contributed by atoms with van der Waals surface area (Å²) in [6, 6.07) is 22.3. The molecule has 0 spiro atoms. The molecule has 5 rings (SSSR count). The van der Waals surface area contributed by atoms with Crippen LogP contribution in [0.15, 0.2) is 100 Å². The molecule has 2 heterocycles. The van der Waals surface area contributed by atoms with Crippen molar-refractivity contribution in [3.63, 3.8) is 0 Å². The van der Waals surface area contributed by atoms with Gasteiger partial charge in [-0.3, -0.25) is 20.3 Å². The van der Waals surface area contributed by atoms with Crippen LogP contribution in [-0.4, -0.2) is 29.3 Å². The number of aryl methyl sites for hydroxylation is 2. The maximum absolute atomic E-state index is 13.4. The van der Waals surface area contributed by atoms with Crippen molar-refractivity contribution in [2.75, 3.05) is 10.1 Å². The molecule has 0 saturated carbocycles. The maximum atomic E-state index is 13.4. The molecule has 0 fully saturated rings. The summed E-state index contributed by atoms with van der Waals surface area (Å²) in [4.78, 5) is 11.4. The number of nitrogens with one attached hydrogen (secondary N) is 2. The van der Waals surface area contributed by atoms with E-state index in [1.54, 1.807) is 23.7 Å². The molecule has 12 heteroatoms. The van der Waals surface area contributed by atoms with Gasteiger partial charge in [0.05, 0.1) is 33.1 Å². The van der Waals surface area contributed by atoms with E-state index in [2.05, 4.69) is 15.2 Å². The molecule has 0 atom stereocenters. The van der Waals surface area contributed by atoms with Crippen molar-refractivity contribution >= 4 is 44.6 Å². The Hall–Kier alpha value is -4.81. The van der Waals surface area contributed by atoms with E-state index in [0.717, 1.165) is 27.8 Å². The number of nitro benzene ring substituents is 1. The molecule has 0 aliphatic heterocycles. The van der Waals surface area contributed by atoms with Gasteiger partial charge in [0.25, 0.3) is 15.7 Å². The predicted octanol–water partition coefficient (Wildman–Crippen LogP) is 6.37. The number of sulfonamides is 1. The largest absolute Gasteiger partial charge is 0.279 e. The molecule has 3 aromatic carbocycles. The molecule has 0 aliphatic rings. The maximum Gasteiger partial charge on any atom is 0.270 e. The van der Waals surface area contributed by atoms with Gasteiger partial charge in [-0.1, -0.05) is 42.0 Å². The predicted molar refractivity (Wildman–Crippen MR) is 158 cm³/mol. The highest BCUT2D eigenvalue weighted by Crippen LogP contribution is 2.30. The van der Waals surface area contributed by atoms with Crippen molar-refractivity contribution in [2.45, 2.75) is 18.7 Å². The highest BCUT2D eigenvalue weighted by molar-refractivity contribution is 7.92. The van der Waals surface area contributed by atoms with Crippen LogP contribution in [0.4, 0.5) is 17.1 Å². The molecule has 0 unspecified atom stereocenters. The van der Waals surface area contributed by atoms with Crippen LogP contribution in [0.25, 0.3) is 16.3 Å². The molecule has 0 aliphatic carbocycles. The van der Waals surface area contributed by atoms with Crippen LogP contribution in [0, 0.1) is 24.0 Å². The molecule has 5 aromatic rings. The van der Waals surface area contributed by atoms with Crippen LogP contribution in [-0.2, 0) is 10.0 Å². The fraction of sp³-hybridized carbons (Fsp3) is 0.0714. The number of hydrazone groups is 1. The summed E-state index contributed by atoms with van der Waals surface area (Å²) < 4.78 is 31.1. The number of nitro groups is 1. The summed E-state index contributed by atoms with van der Waals surface area (Å²) in [7, 11) is -4.21. The molecule has 0 saturated heterocycles. The minimum absolute atomic E-state index is 0.0761. The summed E-state index contributed by atoms with van der Waals surface area (Å²) in [5, 5.41) is 22.4. The minimum atomic E-state index is -4.21. The first kappa shape index (κ1) is 26.8. The zero-order valence-electron chi connectivity index (χ0n) is 21.5. The third-order valence-corrected chi connectivity index (χ3v) is 8.28. The van der Waals surface area contributed by atoms with E-state index in [1.165, 1.54) is 29.7 Å². The minimum Gasteiger partial charge on any atom is -0.279 e. The van der Waals surface area contributed by atoms with E-state index >= 15 is 0 Å². The SMILES string of the molecule is Cc1ccc(NS(=O)(=O)c2cc([N+](=O)[O-])ccc2N/N=C/c2cn(-c3ccccc3)nc2-c2cccs2)c(C)c1. The second-order valence-corrected chi connectivity index (χ2v) is 11.5. The van der Waals surface area contributed by atoms with E-state index in [-0.39, 0.29) is 16.3 Å². The van der Waals surface area contributed by atoms with Crippen LogP contribution < -0.4 is 10.1 Å². The number of hydrogen-bond donors (Lipinski definition) is 2. The second kappa shape index (κ2) is 11.1. The monoisotopic (exact) mass is 572 g/mol. The first-order valence-electron chi connectivity index (χ1n) is 12.1. The number of aromatic nitrogens is 2. The number of hydrogen-bond acceptors (Lipinski definition) is 8. The van der Waals surface area contributed by atoms with Gasteiger partial charge < -0.3 is 0 Å². The number of non-ortho nitro benzene ring substituents is 1. The second-order valence-electron chi connectivity index (χ2n) is 8.92. The van der Waals surface area contributed by atoms with Crippen molar-refractivity contribution in [1.82, 2.24) is 9.78 Å². The number of thiophene rings is 1. The molecule has 202 valence electrons. The molecule has 0 bridgehead atoms. The number of anilines is 2. The number of para-hydroxylation sites is 1.